The van der Waals surface area contributed by atoms with Crippen molar-refractivity contribution in [3.8, 4) is 5.75 Å². The summed E-state index contributed by atoms with van der Waals surface area (Å²) in [5.41, 5.74) is -0.925. The minimum absolute atomic E-state index is 0.0650. The van der Waals surface area contributed by atoms with E-state index in [0.717, 1.165) is 6.07 Å². The monoisotopic (exact) mass is 272 g/mol. The summed E-state index contributed by atoms with van der Waals surface area (Å²) in [7, 11) is 0. The first-order valence-corrected chi connectivity index (χ1v) is 5.01. The molecule has 1 unspecified atom stereocenters. The Balaban J connectivity index is 3.15. The molecule has 0 aromatic heterocycles. The number of ether oxygens (including phenoxy) is 1. The number of hydrogen-bond donors (Lipinski definition) is 1. The van der Waals surface area contributed by atoms with Crippen LogP contribution in [0.15, 0.2) is 12.1 Å². The first-order valence-electron chi connectivity index (χ1n) is 4.64. The largest absolute Gasteiger partial charge is 0.492 e. The van der Waals surface area contributed by atoms with Crippen molar-refractivity contribution in [1.29, 1.82) is 0 Å². The zero-order valence-electron chi connectivity index (χ0n) is 8.68. The highest BCUT2D eigenvalue weighted by molar-refractivity contribution is 6.32. The van der Waals surface area contributed by atoms with Crippen molar-refractivity contribution in [1.82, 2.24) is 0 Å². The maximum Gasteiger partial charge on any atom is 0.418 e. The van der Waals surface area contributed by atoms with Gasteiger partial charge >= 0.3 is 6.18 Å². The van der Waals surface area contributed by atoms with Gasteiger partial charge in [-0.3, -0.25) is 0 Å². The van der Waals surface area contributed by atoms with Gasteiger partial charge in [-0.25, -0.2) is 4.39 Å². The molecule has 17 heavy (non-hydrogen) atoms. The van der Waals surface area contributed by atoms with Gasteiger partial charge in [0.25, 0.3) is 0 Å². The molecule has 0 amide bonds. The Bertz CT molecular complexity index is 406. The normalized spacial score (nSPS) is 13.6. The molecule has 0 bridgehead atoms. The topological polar surface area (TPSA) is 29.5 Å². The lowest BCUT2D eigenvalue weighted by Gasteiger charge is -2.16. The lowest BCUT2D eigenvalue weighted by atomic mass is 10.1. The molecule has 7 heteroatoms. The highest BCUT2D eigenvalue weighted by Crippen LogP contribution is 2.37. The van der Waals surface area contributed by atoms with Gasteiger partial charge in [0.1, 0.15) is 11.6 Å². The first-order chi connectivity index (χ1) is 7.77. The number of benzene rings is 1. The number of rotatable bonds is 3. The molecular weight excluding hydrogens is 264 g/mol. The number of hydrogen-bond acceptors (Lipinski definition) is 2. The zero-order valence-corrected chi connectivity index (χ0v) is 9.44. The second-order valence-electron chi connectivity index (χ2n) is 3.18. The summed E-state index contributed by atoms with van der Waals surface area (Å²) >= 11 is 5.60. The lowest BCUT2D eigenvalue weighted by Crippen LogP contribution is -2.21. The molecular formula is C10H9ClF4O2. The predicted molar refractivity (Wildman–Crippen MR) is 53.6 cm³/mol. The van der Waals surface area contributed by atoms with Crippen LogP contribution in [0.4, 0.5) is 17.6 Å². The molecule has 1 aromatic carbocycles. The fourth-order valence-electron chi connectivity index (χ4n) is 1.20. The van der Waals surface area contributed by atoms with Crippen LogP contribution in [-0.2, 0) is 0 Å². The fourth-order valence-corrected chi connectivity index (χ4v) is 1.42. The second-order valence-corrected chi connectivity index (χ2v) is 3.59. The lowest BCUT2D eigenvalue weighted by molar-refractivity contribution is -0.207. The molecule has 0 saturated carbocycles. The van der Waals surface area contributed by atoms with Crippen LogP contribution in [0.2, 0.25) is 5.02 Å². The van der Waals surface area contributed by atoms with E-state index in [1.807, 2.05) is 0 Å². The van der Waals surface area contributed by atoms with Gasteiger partial charge < -0.3 is 9.84 Å². The maximum absolute atomic E-state index is 13.3. The maximum atomic E-state index is 13.3. The summed E-state index contributed by atoms with van der Waals surface area (Å²) in [6.45, 7) is 1.81. The van der Waals surface area contributed by atoms with Crippen molar-refractivity contribution >= 4 is 11.6 Å². The molecule has 0 fully saturated rings. The van der Waals surface area contributed by atoms with Crippen molar-refractivity contribution in [2.24, 2.45) is 0 Å². The molecule has 0 saturated heterocycles. The van der Waals surface area contributed by atoms with Crippen LogP contribution in [0.5, 0.6) is 5.75 Å². The summed E-state index contributed by atoms with van der Waals surface area (Å²) < 4.78 is 54.9. The average molecular weight is 273 g/mol. The van der Waals surface area contributed by atoms with Gasteiger partial charge in [0, 0.05) is 11.6 Å². The molecule has 0 heterocycles. The van der Waals surface area contributed by atoms with Crippen LogP contribution < -0.4 is 4.74 Å². The van der Waals surface area contributed by atoms with Crippen molar-refractivity contribution < 1.29 is 27.4 Å². The Hall–Kier alpha value is -1.01. The average Bonchev–Trinajstić information content (AvgIpc) is 2.21. The number of alkyl halides is 3. The number of halogens is 5. The molecule has 1 N–H and O–H groups in total. The minimum atomic E-state index is -4.95. The number of aliphatic hydroxyl groups excluding tert-OH is 1. The van der Waals surface area contributed by atoms with E-state index in [-0.39, 0.29) is 17.4 Å². The molecule has 0 aliphatic carbocycles. The van der Waals surface area contributed by atoms with Gasteiger partial charge in [-0.15, -0.1) is 0 Å². The van der Waals surface area contributed by atoms with E-state index >= 15 is 0 Å². The van der Waals surface area contributed by atoms with Crippen LogP contribution in [0, 0.1) is 5.82 Å². The SMILES string of the molecule is CCOc1cc(F)c(C(O)C(F)(F)F)cc1Cl. The van der Waals surface area contributed by atoms with E-state index in [4.69, 9.17) is 21.4 Å². The zero-order chi connectivity index (χ0) is 13.2. The molecule has 0 radical (unpaired) electrons. The van der Waals surface area contributed by atoms with Crippen LogP contribution >= 0.6 is 11.6 Å². The van der Waals surface area contributed by atoms with E-state index in [0.29, 0.717) is 6.07 Å². The van der Waals surface area contributed by atoms with Gasteiger partial charge in [-0.05, 0) is 13.0 Å². The molecule has 1 atom stereocenters. The van der Waals surface area contributed by atoms with Crippen LogP contribution in [0.25, 0.3) is 0 Å². The van der Waals surface area contributed by atoms with Crippen molar-refractivity contribution in [2.45, 2.75) is 19.2 Å². The molecule has 2 nitrogen and oxygen atoms in total. The number of aliphatic hydroxyl groups is 1. The van der Waals surface area contributed by atoms with Crippen LogP contribution in [0.3, 0.4) is 0 Å². The van der Waals surface area contributed by atoms with Crippen LogP contribution in [-0.4, -0.2) is 17.9 Å². The van der Waals surface area contributed by atoms with Crippen molar-refractivity contribution in [3.05, 3.63) is 28.5 Å². The molecule has 0 spiro atoms. The smallest absolute Gasteiger partial charge is 0.418 e. The van der Waals surface area contributed by atoms with E-state index in [9.17, 15) is 17.6 Å². The highest BCUT2D eigenvalue weighted by Gasteiger charge is 2.41. The third kappa shape index (κ3) is 3.23. The van der Waals surface area contributed by atoms with Crippen molar-refractivity contribution in [2.75, 3.05) is 6.61 Å². The van der Waals surface area contributed by atoms with Crippen LogP contribution in [0.1, 0.15) is 18.6 Å². The first kappa shape index (κ1) is 14.1. The van der Waals surface area contributed by atoms with E-state index in [1.165, 1.54) is 0 Å². The quantitative estimate of drug-likeness (QED) is 0.854. The molecule has 0 aliphatic heterocycles. The van der Waals surface area contributed by atoms with E-state index in [2.05, 4.69) is 0 Å². The molecule has 0 aliphatic rings. The third-order valence-corrected chi connectivity index (χ3v) is 2.25. The Labute approximate surface area is 99.8 Å². The van der Waals surface area contributed by atoms with Gasteiger partial charge in [0.15, 0.2) is 6.10 Å². The standard InChI is InChI=1S/C10H9ClF4O2/c1-2-17-8-4-7(12)5(3-6(8)11)9(16)10(13,14)15/h3-4,9,16H,2H2,1H3. The van der Waals surface area contributed by atoms with Crippen molar-refractivity contribution in [3.63, 3.8) is 0 Å². The summed E-state index contributed by atoms with van der Waals surface area (Å²) in [5, 5.41) is 8.73. The predicted octanol–water partition coefficient (Wildman–Crippen LogP) is 3.47. The highest BCUT2D eigenvalue weighted by atomic mass is 35.5. The summed E-state index contributed by atoms with van der Waals surface area (Å²) in [5.74, 6) is -1.28. The third-order valence-electron chi connectivity index (χ3n) is 1.96. The molecule has 96 valence electrons. The summed E-state index contributed by atoms with van der Waals surface area (Å²) in [6.07, 6.45) is -7.85. The Morgan fingerprint density at radius 2 is 2.00 bits per heavy atom. The Morgan fingerprint density at radius 1 is 1.41 bits per heavy atom. The molecule has 1 aromatic rings. The Morgan fingerprint density at radius 3 is 2.47 bits per heavy atom. The van der Waals surface area contributed by atoms with Gasteiger partial charge in [0.2, 0.25) is 0 Å². The van der Waals surface area contributed by atoms with Gasteiger partial charge in [0.05, 0.1) is 11.6 Å². The second kappa shape index (κ2) is 5.10. The fraction of sp³-hybridized carbons (Fsp3) is 0.400. The van der Waals surface area contributed by atoms with E-state index < -0.39 is 23.7 Å². The Kier molecular flexibility index (Phi) is 4.21. The van der Waals surface area contributed by atoms with Gasteiger partial charge in [-0.1, -0.05) is 11.6 Å². The van der Waals surface area contributed by atoms with Gasteiger partial charge in [-0.2, -0.15) is 13.2 Å². The summed E-state index contributed by atoms with van der Waals surface area (Å²) in [4.78, 5) is 0. The molecule has 1 rings (SSSR count). The minimum Gasteiger partial charge on any atom is -0.492 e. The van der Waals surface area contributed by atoms with E-state index in [1.54, 1.807) is 6.92 Å². The summed E-state index contributed by atoms with van der Waals surface area (Å²) in [6, 6.07) is 1.43.